The maximum absolute atomic E-state index is 13.4. The van der Waals surface area contributed by atoms with Gasteiger partial charge in [0.05, 0.1) is 11.3 Å². The Kier molecular flexibility index (Phi) is 4.06. The second-order valence-corrected chi connectivity index (χ2v) is 4.46. The Bertz CT molecular complexity index is 584. The van der Waals surface area contributed by atoms with Crippen LogP contribution in [0.4, 0.5) is 10.1 Å². The second kappa shape index (κ2) is 5.75. The highest BCUT2D eigenvalue weighted by atomic mass is 35.5. The number of carbonyl (C=O) groups excluding carboxylic acids is 1. The fraction of sp³-hybridized carbons (Fsp3) is 0.154. The number of nitrogens with one attached hydrogen (secondary N) is 1. The number of nitrogen functional groups attached to an aromatic ring is 1. The Morgan fingerprint density at radius 2 is 2.05 bits per heavy atom. The molecule has 0 radical (unpaired) electrons. The van der Waals surface area contributed by atoms with E-state index in [0.717, 1.165) is 6.07 Å². The smallest absolute Gasteiger partial charge is 0.253 e. The minimum absolute atomic E-state index is 0.0532. The number of nitrogens with two attached hydrogens (primary N) is 1. The number of carbonyl (C=O) groups is 1. The van der Waals surface area contributed by atoms with Crippen molar-refractivity contribution in [1.29, 1.82) is 0 Å². The Balaban J connectivity index is 2.00. The Hall–Kier alpha value is -2.01. The van der Waals surface area contributed by atoms with Gasteiger partial charge in [0.1, 0.15) is 5.82 Å². The zero-order valence-electron chi connectivity index (χ0n) is 10.1. The number of nitrogens with zero attached hydrogens (tertiary/aromatic N) is 1. The fourth-order valence-electron chi connectivity index (χ4n) is 1.69. The molecule has 6 heteroatoms. The monoisotopic (exact) mass is 281 g/mol. The zero-order chi connectivity index (χ0) is 13.8. The maximum atomic E-state index is 13.4. The molecule has 1 aromatic carbocycles. The van der Waals surface area contributed by atoms with Gasteiger partial charge in [-0.3, -0.25) is 4.79 Å². The average molecular weight is 282 g/mol. The summed E-state index contributed by atoms with van der Waals surface area (Å²) in [4.78, 5) is 11.9. The fourth-order valence-corrected chi connectivity index (χ4v) is 1.89. The van der Waals surface area contributed by atoms with Gasteiger partial charge in [0.25, 0.3) is 5.91 Å². The van der Waals surface area contributed by atoms with Crippen molar-refractivity contribution in [1.82, 2.24) is 9.88 Å². The number of hydrogen-bond acceptors (Lipinski definition) is 2. The van der Waals surface area contributed by atoms with Gasteiger partial charge in [-0.2, -0.15) is 0 Å². The van der Waals surface area contributed by atoms with Crippen molar-refractivity contribution >= 4 is 23.2 Å². The van der Waals surface area contributed by atoms with E-state index < -0.39 is 11.7 Å². The highest BCUT2D eigenvalue weighted by Crippen LogP contribution is 2.21. The molecule has 2 aromatic rings. The third-order valence-electron chi connectivity index (χ3n) is 2.66. The van der Waals surface area contributed by atoms with Crippen LogP contribution in [0.15, 0.2) is 36.7 Å². The lowest BCUT2D eigenvalue weighted by atomic mass is 10.1. The number of halogens is 2. The van der Waals surface area contributed by atoms with Crippen molar-refractivity contribution in [2.24, 2.45) is 0 Å². The molecule has 0 aliphatic carbocycles. The van der Waals surface area contributed by atoms with E-state index >= 15 is 0 Å². The number of amides is 1. The lowest BCUT2D eigenvalue weighted by Gasteiger charge is -2.09. The number of anilines is 1. The highest BCUT2D eigenvalue weighted by molar-refractivity contribution is 6.31. The van der Waals surface area contributed by atoms with E-state index in [1.807, 2.05) is 29.1 Å². The van der Waals surface area contributed by atoms with Crippen LogP contribution in [-0.2, 0) is 6.54 Å². The first-order valence-corrected chi connectivity index (χ1v) is 6.09. The predicted molar refractivity (Wildman–Crippen MR) is 72.6 cm³/mol. The van der Waals surface area contributed by atoms with Crippen LogP contribution in [0.2, 0.25) is 5.02 Å². The highest BCUT2D eigenvalue weighted by Gasteiger charge is 2.14. The average Bonchev–Trinajstić information content (AvgIpc) is 2.86. The van der Waals surface area contributed by atoms with E-state index in [1.54, 1.807) is 0 Å². The number of benzene rings is 1. The van der Waals surface area contributed by atoms with E-state index in [9.17, 15) is 9.18 Å². The molecule has 2 rings (SSSR count). The number of aromatic nitrogens is 1. The van der Waals surface area contributed by atoms with Crippen molar-refractivity contribution in [3.8, 4) is 0 Å². The third kappa shape index (κ3) is 3.26. The topological polar surface area (TPSA) is 60.1 Å². The standard InChI is InChI=1S/C13H13ClFN3O/c14-9-7-10(12(16)11(15)8-9)13(19)17-3-6-18-4-1-2-5-18/h1-2,4-5,7-8H,3,6,16H2,(H,17,19). The molecule has 4 nitrogen and oxygen atoms in total. The molecule has 0 bridgehead atoms. The van der Waals surface area contributed by atoms with Gasteiger partial charge in [0, 0.05) is 30.5 Å². The Labute approximate surface area is 115 Å². The molecule has 19 heavy (non-hydrogen) atoms. The van der Waals surface area contributed by atoms with Crippen LogP contribution in [0.25, 0.3) is 0 Å². The van der Waals surface area contributed by atoms with Gasteiger partial charge in [-0.25, -0.2) is 4.39 Å². The normalized spacial score (nSPS) is 10.4. The van der Waals surface area contributed by atoms with E-state index in [2.05, 4.69) is 5.32 Å². The minimum Gasteiger partial charge on any atom is -0.396 e. The van der Waals surface area contributed by atoms with Crippen LogP contribution in [-0.4, -0.2) is 17.0 Å². The summed E-state index contributed by atoms with van der Waals surface area (Å²) >= 11 is 5.70. The summed E-state index contributed by atoms with van der Waals surface area (Å²) in [6, 6.07) is 6.22. The van der Waals surface area contributed by atoms with Crippen LogP contribution in [0.5, 0.6) is 0 Å². The molecule has 0 saturated heterocycles. The quantitative estimate of drug-likeness (QED) is 0.845. The summed E-state index contributed by atoms with van der Waals surface area (Å²) in [5.41, 5.74) is 5.38. The molecule has 100 valence electrons. The van der Waals surface area contributed by atoms with Gasteiger partial charge >= 0.3 is 0 Å². The van der Waals surface area contributed by atoms with Crippen LogP contribution >= 0.6 is 11.6 Å². The molecular weight excluding hydrogens is 269 g/mol. The molecule has 0 aliphatic heterocycles. The molecule has 1 heterocycles. The van der Waals surface area contributed by atoms with Gasteiger partial charge < -0.3 is 15.6 Å². The van der Waals surface area contributed by atoms with Crippen LogP contribution in [0.3, 0.4) is 0 Å². The Morgan fingerprint density at radius 3 is 2.74 bits per heavy atom. The SMILES string of the molecule is Nc1c(F)cc(Cl)cc1C(=O)NCCn1cccc1. The number of hydrogen-bond donors (Lipinski definition) is 2. The molecular formula is C13H13ClFN3O. The molecule has 0 unspecified atom stereocenters. The molecule has 0 atom stereocenters. The van der Waals surface area contributed by atoms with E-state index in [0.29, 0.717) is 13.1 Å². The van der Waals surface area contributed by atoms with Crippen molar-refractivity contribution < 1.29 is 9.18 Å². The van der Waals surface area contributed by atoms with Crippen molar-refractivity contribution in [3.63, 3.8) is 0 Å². The second-order valence-electron chi connectivity index (χ2n) is 4.03. The summed E-state index contributed by atoms with van der Waals surface area (Å²) in [5.74, 6) is -1.13. The number of rotatable bonds is 4. The first-order chi connectivity index (χ1) is 9.08. The maximum Gasteiger partial charge on any atom is 0.253 e. The largest absolute Gasteiger partial charge is 0.396 e. The van der Waals surface area contributed by atoms with Gasteiger partial charge in [0.2, 0.25) is 0 Å². The van der Waals surface area contributed by atoms with Crippen molar-refractivity contribution in [3.05, 3.63) is 53.1 Å². The summed E-state index contributed by atoms with van der Waals surface area (Å²) < 4.78 is 15.3. The molecule has 0 fully saturated rings. The molecule has 0 saturated carbocycles. The Morgan fingerprint density at radius 1 is 1.37 bits per heavy atom. The molecule has 0 spiro atoms. The molecule has 0 aliphatic rings. The first-order valence-electron chi connectivity index (χ1n) is 5.71. The molecule has 1 amide bonds. The van der Waals surface area contributed by atoms with Crippen LogP contribution in [0.1, 0.15) is 10.4 Å². The summed E-state index contributed by atoms with van der Waals surface area (Å²) in [7, 11) is 0. The molecule has 3 N–H and O–H groups in total. The van der Waals surface area contributed by atoms with Gasteiger partial charge in [-0.05, 0) is 24.3 Å². The molecule has 1 aromatic heterocycles. The van der Waals surface area contributed by atoms with E-state index in [1.165, 1.54) is 6.07 Å². The van der Waals surface area contributed by atoms with Crippen LogP contribution in [0, 0.1) is 5.82 Å². The zero-order valence-corrected chi connectivity index (χ0v) is 10.8. The third-order valence-corrected chi connectivity index (χ3v) is 2.88. The van der Waals surface area contributed by atoms with Gasteiger partial charge in [-0.1, -0.05) is 11.6 Å². The van der Waals surface area contributed by atoms with Crippen molar-refractivity contribution in [2.45, 2.75) is 6.54 Å². The summed E-state index contributed by atoms with van der Waals surface area (Å²) in [6.07, 6.45) is 3.78. The van der Waals surface area contributed by atoms with Gasteiger partial charge in [-0.15, -0.1) is 0 Å². The lowest BCUT2D eigenvalue weighted by Crippen LogP contribution is -2.28. The van der Waals surface area contributed by atoms with Crippen LogP contribution < -0.4 is 11.1 Å². The minimum atomic E-state index is -0.692. The summed E-state index contributed by atoms with van der Waals surface area (Å²) in [6.45, 7) is 1.04. The van der Waals surface area contributed by atoms with E-state index in [4.69, 9.17) is 17.3 Å². The van der Waals surface area contributed by atoms with Crippen molar-refractivity contribution in [2.75, 3.05) is 12.3 Å². The summed E-state index contributed by atoms with van der Waals surface area (Å²) in [5, 5.41) is 2.81. The lowest BCUT2D eigenvalue weighted by molar-refractivity contribution is 0.0953. The van der Waals surface area contributed by atoms with E-state index in [-0.39, 0.29) is 16.3 Å². The predicted octanol–water partition coefficient (Wildman–Crippen LogP) is 2.29. The van der Waals surface area contributed by atoms with Gasteiger partial charge in [0.15, 0.2) is 0 Å². The first kappa shape index (κ1) is 13.4.